The van der Waals surface area contributed by atoms with Crippen molar-refractivity contribution < 1.29 is 14.3 Å². The molecule has 1 amide bonds. The van der Waals surface area contributed by atoms with Crippen molar-refractivity contribution in [3.8, 4) is 0 Å². The summed E-state index contributed by atoms with van der Waals surface area (Å²) in [5.74, 6) is 0. The molecule has 2 atom stereocenters. The van der Waals surface area contributed by atoms with Gasteiger partial charge in [-0.1, -0.05) is 18.2 Å². The first-order chi connectivity index (χ1) is 13.1. The molecule has 4 rings (SSSR count). The molecule has 0 N–H and O–H groups in total. The smallest absolute Gasteiger partial charge is 0.410 e. The van der Waals surface area contributed by atoms with Crippen LogP contribution in [0.15, 0.2) is 18.2 Å². The largest absolute Gasteiger partial charge is 0.442 e. The Morgan fingerprint density at radius 2 is 1.85 bits per heavy atom. The van der Waals surface area contributed by atoms with Gasteiger partial charge in [-0.05, 0) is 37.0 Å². The van der Waals surface area contributed by atoms with E-state index in [0.29, 0.717) is 0 Å². The van der Waals surface area contributed by atoms with Crippen LogP contribution in [0.1, 0.15) is 23.1 Å². The van der Waals surface area contributed by atoms with E-state index < -0.39 is 0 Å². The van der Waals surface area contributed by atoms with E-state index in [4.69, 9.17) is 9.47 Å². The van der Waals surface area contributed by atoms with Crippen molar-refractivity contribution >= 4 is 6.09 Å². The second-order valence-corrected chi connectivity index (χ2v) is 8.10. The van der Waals surface area contributed by atoms with Crippen molar-refractivity contribution in [1.29, 1.82) is 0 Å². The maximum Gasteiger partial charge on any atom is 0.410 e. The molecular formula is C21H31N3O3. The Morgan fingerprint density at radius 3 is 2.63 bits per heavy atom. The lowest BCUT2D eigenvalue weighted by atomic mass is 10.1. The van der Waals surface area contributed by atoms with Crippen LogP contribution in [0.4, 0.5) is 4.79 Å². The molecule has 3 aliphatic heterocycles. The minimum absolute atomic E-state index is 0.0208. The molecule has 0 spiro atoms. The summed E-state index contributed by atoms with van der Waals surface area (Å²) < 4.78 is 11.1. The minimum atomic E-state index is -0.127. The standard InChI is InChI=1S/C21H31N3O3/c1-16-4-5-18(12-17(16)2)13-23-14-19-20(15-23)27-21(25)24(19)7-3-6-22-8-10-26-11-9-22/h4-5,12,19-20H,3,6-11,13-15H2,1-2H3/t19-,20+/m0/s1. The van der Waals surface area contributed by atoms with Gasteiger partial charge in [-0.3, -0.25) is 9.80 Å². The maximum atomic E-state index is 12.3. The molecule has 3 aliphatic rings. The van der Waals surface area contributed by atoms with Crippen LogP contribution < -0.4 is 0 Å². The Kier molecular flexibility index (Phi) is 5.66. The lowest BCUT2D eigenvalue weighted by Crippen LogP contribution is -2.41. The van der Waals surface area contributed by atoms with Crippen molar-refractivity contribution in [1.82, 2.24) is 14.7 Å². The average Bonchev–Trinajstić information content (AvgIpc) is 3.16. The fourth-order valence-corrected chi connectivity index (χ4v) is 4.42. The molecular weight excluding hydrogens is 342 g/mol. The lowest BCUT2D eigenvalue weighted by molar-refractivity contribution is 0.0362. The summed E-state index contributed by atoms with van der Waals surface area (Å²) in [6, 6.07) is 6.88. The number of aryl methyl sites for hydroxylation is 2. The van der Waals surface area contributed by atoms with Gasteiger partial charge in [0.2, 0.25) is 0 Å². The van der Waals surface area contributed by atoms with E-state index >= 15 is 0 Å². The first kappa shape index (κ1) is 18.7. The zero-order valence-corrected chi connectivity index (χ0v) is 16.5. The number of rotatable bonds is 6. The Bertz CT molecular complexity index is 675. The van der Waals surface area contributed by atoms with Crippen LogP contribution in [0, 0.1) is 13.8 Å². The van der Waals surface area contributed by atoms with Gasteiger partial charge in [0, 0.05) is 45.8 Å². The summed E-state index contributed by atoms with van der Waals surface area (Å²) in [6.07, 6.45) is 0.889. The van der Waals surface area contributed by atoms with Crippen LogP contribution in [0.2, 0.25) is 0 Å². The average molecular weight is 373 g/mol. The highest BCUT2D eigenvalue weighted by Gasteiger charge is 2.47. The number of benzene rings is 1. The first-order valence-electron chi connectivity index (χ1n) is 10.2. The molecule has 6 nitrogen and oxygen atoms in total. The van der Waals surface area contributed by atoms with Gasteiger partial charge in [0.05, 0.1) is 19.3 Å². The first-order valence-corrected chi connectivity index (χ1v) is 10.2. The van der Waals surface area contributed by atoms with Gasteiger partial charge >= 0.3 is 6.09 Å². The maximum absolute atomic E-state index is 12.3. The molecule has 1 aromatic carbocycles. The number of morpholine rings is 1. The molecule has 3 saturated heterocycles. The Hall–Kier alpha value is -1.63. The number of carbonyl (C=O) groups excluding carboxylic acids is 1. The van der Waals surface area contributed by atoms with Gasteiger partial charge in [-0.15, -0.1) is 0 Å². The SMILES string of the molecule is Cc1ccc(CN2C[C@H]3OC(=O)N(CCCN4CCOCC4)[C@H]3C2)cc1C. The lowest BCUT2D eigenvalue weighted by Gasteiger charge is -2.28. The zero-order valence-electron chi connectivity index (χ0n) is 16.5. The van der Waals surface area contributed by atoms with Gasteiger partial charge < -0.3 is 14.4 Å². The molecule has 3 heterocycles. The topological polar surface area (TPSA) is 45.2 Å². The molecule has 27 heavy (non-hydrogen) atoms. The van der Waals surface area contributed by atoms with Gasteiger partial charge in [0.1, 0.15) is 6.10 Å². The summed E-state index contributed by atoms with van der Waals surface area (Å²) in [7, 11) is 0. The highest BCUT2D eigenvalue weighted by Crippen LogP contribution is 2.28. The van der Waals surface area contributed by atoms with Gasteiger partial charge in [0.15, 0.2) is 0 Å². The van der Waals surface area contributed by atoms with Crippen molar-refractivity contribution in [2.24, 2.45) is 0 Å². The zero-order chi connectivity index (χ0) is 18.8. The third-order valence-corrected chi connectivity index (χ3v) is 6.15. The Balaban J connectivity index is 1.29. The second kappa shape index (κ2) is 8.17. The van der Waals surface area contributed by atoms with Crippen LogP contribution in [0.3, 0.4) is 0 Å². The van der Waals surface area contributed by atoms with E-state index in [9.17, 15) is 4.79 Å². The fourth-order valence-electron chi connectivity index (χ4n) is 4.42. The molecule has 0 saturated carbocycles. The number of nitrogens with zero attached hydrogens (tertiary/aromatic N) is 3. The molecule has 0 aliphatic carbocycles. The second-order valence-electron chi connectivity index (χ2n) is 8.10. The number of fused-ring (bicyclic) bond motifs is 1. The van der Waals surface area contributed by atoms with Crippen molar-refractivity contribution in [2.75, 3.05) is 52.5 Å². The van der Waals surface area contributed by atoms with Crippen LogP contribution in [0.25, 0.3) is 0 Å². The van der Waals surface area contributed by atoms with Crippen LogP contribution in [0.5, 0.6) is 0 Å². The normalized spacial score (nSPS) is 26.4. The van der Waals surface area contributed by atoms with E-state index in [2.05, 4.69) is 41.8 Å². The Morgan fingerprint density at radius 1 is 1.04 bits per heavy atom. The molecule has 0 radical (unpaired) electrons. The van der Waals surface area contributed by atoms with E-state index in [0.717, 1.165) is 65.4 Å². The molecule has 3 fully saturated rings. The van der Waals surface area contributed by atoms with Crippen molar-refractivity contribution in [2.45, 2.75) is 39.0 Å². The van der Waals surface area contributed by atoms with Gasteiger partial charge in [-0.2, -0.15) is 0 Å². The molecule has 0 bridgehead atoms. The highest BCUT2D eigenvalue weighted by atomic mass is 16.6. The van der Waals surface area contributed by atoms with E-state index in [1.54, 1.807) is 0 Å². The number of carbonyl (C=O) groups is 1. The summed E-state index contributed by atoms with van der Waals surface area (Å²) in [4.78, 5) is 19.1. The highest BCUT2D eigenvalue weighted by molar-refractivity contribution is 5.71. The number of likely N-dealkylation sites (tertiary alicyclic amines) is 1. The number of hydrogen-bond acceptors (Lipinski definition) is 5. The summed E-state index contributed by atoms with van der Waals surface area (Å²) in [5.41, 5.74) is 4.00. The van der Waals surface area contributed by atoms with Crippen LogP contribution in [-0.2, 0) is 16.0 Å². The number of ether oxygens (including phenoxy) is 2. The summed E-state index contributed by atoms with van der Waals surface area (Å²) in [6.45, 7) is 12.4. The van der Waals surface area contributed by atoms with Gasteiger partial charge in [-0.25, -0.2) is 4.79 Å². The van der Waals surface area contributed by atoms with Crippen molar-refractivity contribution in [3.05, 3.63) is 34.9 Å². The van der Waals surface area contributed by atoms with Gasteiger partial charge in [0.25, 0.3) is 0 Å². The fraction of sp³-hybridized carbons (Fsp3) is 0.667. The summed E-state index contributed by atoms with van der Waals surface area (Å²) in [5, 5.41) is 0. The van der Waals surface area contributed by atoms with Crippen LogP contribution >= 0.6 is 0 Å². The molecule has 0 unspecified atom stereocenters. The molecule has 148 valence electrons. The Labute approximate surface area is 162 Å². The number of amides is 1. The van der Waals surface area contributed by atoms with E-state index in [1.807, 2.05) is 4.90 Å². The number of hydrogen-bond donors (Lipinski definition) is 0. The third-order valence-electron chi connectivity index (χ3n) is 6.15. The predicted molar refractivity (Wildman–Crippen MR) is 104 cm³/mol. The minimum Gasteiger partial charge on any atom is -0.442 e. The predicted octanol–water partition coefficient (Wildman–Crippen LogP) is 2.03. The monoisotopic (exact) mass is 373 g/mol. The molecule has 0 aromatic heterocycles. The molecule has 6 heteroatoms. The summed E-state index contributed by atoms with van der Waals surface area (Å²) >= 11 is 0. The quantitative estimate of drug-likeness (QED) is 0.764. The van der Waals surface area contributed by atoms with E-state index in [-0.39, 0.29) is 18.2 Å². The molecule has 1 aromatic rings. The van der Waals surface area contributed by atoms with Crippen LogP contribution in [-0.4, -0.2) is 85.4 Å². The third kappa shape index (κ3) is 4.28. The van der Waals surface area contributed by atoms with E-state index in [1.165, 1.54) is 16.7 Å². The van der Waals surface area contributed by atoms with Crippen molar-refractivity contribution in [3.63, 3.8) is 0 Å².